The van der Waals surface area contributed by atoms with E-state index in [0.717, 1.165) is 0 Å². The maximum atomic E-state index is 12.0. The Balaban J connectivity index is 0.000000399. The number of sulfone groups is 1. The molecule has 0 unspecified atom stereocenters. The third-order valence-corrected chi connectivity index (χ3v) is 3.89. The van der Waals surface area contributed by atoms with Crippen molar-refractivity contribution in [3.63, 3.8) is 0 Å². The lowest BCUT2D eigenvalue weighted by molar-refractivity contribution is 0.278. The van der Waals surface area contributed by atoms with Gasteiger partial charge in [-0.15, -0.1) is 0 Å². The van der Waals surface area contributed by atoms with Gasteiger partial charge in [0.15, 0.2) is 0 Å². The molecule has 0 amide bonds. The molecule has 5 nitrogen and oxygen atoms in total. The van der Waals surface area contributed by atoms with Gasteiger partial charge in [0.1, 0.15) is 0 Å². The van der Waals surface area contributed by atoms with Gasteiger partial charge in [0, 0.05) is 0 Å². The van der Waals surface area contributed by atoms with E-state index in [0.29, 0.717) is 9.79 Å². The van der Waals surface area contributed by atoms with E-state index in [1.807, 2.05) is 0 Å². The summed E-state index contributed by atoms with van der Waals surface area (Å²) in [6, 6.07) is 16.9. The molecule has 0 bridgehead atoms. The molecule has 100 valence electrons. The zero-order chi connectivity index (χ0) is 14.3. The Labute approximate surface area is 111 Å². The van der Waals surface area contributed by atoms with E-state index in [2.05, 4.69) is 0 Å². The van der Waals surface area contributed by atoms with Crippen molar-refractivity contribution in [1.82, 2.24) is 0 Å². The molecule has 0 saturated heterocycles. The lowest BCUT2D eigenvalue weighted by Crippen LogP contribution is -2.07. The molecule has 0 aliphatic carbocycles. The smallest absolute Gasteiger partial charge is 0.402 e. The third-order valence-electron chi connectivity index (χ3n) is 2.11. The third kappa shape index (κ3) is 4.84. The van der Waals surface area contributed by atoms with Crippen molar-refractivity contribution in [2.45, 2.75) is 9.79 Å². The summed E-state index contributed by atoms with van der Waals surface area (Å²) in [5, 5.41) is 21.5. The molecular weight excluding hydrogens is 267 g/mol. The molecule has 0 fully saturated rings. The average molecular weight is 280 g/mol. The van der Waals surface area contributed by atoms with Crippen LogP contribution >= 0.6 is 0 Å². The highest BCUT2D eigenvalue weighted by molar-refractivity contribution is 7.91. The van der Waals surface area contributed by atoms with Crippen LogP contribution in [0.5, 0.6) is 0 Å². The molecule has 0 saturated carbocycles. The van der Waals surface area contributed by atoms with Gasteiger partial charge in [-0.3, -0.25) is 0 Å². The van der Waals surface area contributed by atoms with Gasteiger partial charge in [0.05, 0.1) is 9.79 Å². The van der Waals surface area contributed by atoms with Crippen molar-refractivity contribution >= 4 is 17.2 Å². The van der Waals surface area contributed by atoms with Crippen LogP contribution in [0.2, 0.25) is 0 Å². The Morgan fingerprint density at radius 2 is 0.947 bits per heavy atom. The Bertz CT molecular complexity index is 536. The predicted molar refractivity (Wildman–Crippen MR) is 70.7 cm³/mol. The molecule has 0 heterocycles. The topological polar surface area (TPSA) is 94.8 Å². The van der Waals surface area contributed by atoms with Crippen molar-refractivity contribution in [2.24, 2.45) is 0 Å². The summed E-state index contributed by atoms with van der Waals surface area (Å²) >= 11 is 0. The minimum atomic E-state index is -3.34. The maximum Gasteiger partial charge on any atom is 0.631 e. The van der Waals surface area contributed by atoms with Crippen LogP contribution in [-0.2, 0) is 9.84 Å². The minimum absolute atomic E-state index is 0.330. The standard InChI is InChI=1S/C12H10O2S.BH3O3/c13-15(14,11-7-3-1-4-8-11)12-9-5-2-6-10-12;2-1(3)4/h1-10H;2-4H. The summed E-state index contributed by atoms with van der Waals surface area (Å²) in [4.78, 5) is 0.660. The molecule has 2 rings (SSSR count). The molecular formula is C12H13BO5S. The summed E-state index contributed by atoms with van der Waals surface area (Å²) in [6.07, 6.45) is 0. The summed E-state index contributed by atoms with van der Waals surface area (Å²) in [7, 11) is -5.51. The fourth-order valence-electron chi connectivity index (χ4n) is 1.34. The molecule has 0 radical (unpaired) electrons. The first-order chi connectivity index (χ1) is 8.94. The van der Waals surface area contributed by atoms with Gasteiger partial charge >= 0.3 is 7.32 Å². The van der Waals surface area contributed by atoms with E-state index >= 15 is 0 Å². The van der Waals surface area contributed by atoms with Crippen molar-refractivity contribution in [2.75, 3.05) is 0 Å². The molecule has 2 aromatic carbocycles. The van der Waals surface area contributed by atoms with E-state index < -0.39 is 17.2 Å². The number of hydrogen-bond donors (Lipinski definition) is 3. The second kappa shape index (κ2) is 7.05. The van der Waals surface area contributed by atoms with Crippen molar-refractivity contribution in [3.05, 3.63) is 60.7 Å². The molecule has 3 N–H and O–H groups in total. The summed E-state index contributed by atoms with van der Waals surface area (Å²) < 4.78 is 24.1. The van der Waals surface area contributed by atoms with Crippen LogP contribution in [0.4, 0.5) is 0 Å². The zero-order valence-electron chi connectivity index (χ0n) is 9.92. The van der Waals surface area contributed by atoms with Gasteiger partial charge in [-0.1, -0.05) is 36.4 Å². The van der Waals surface area contributed by atoms with E-state index in [1.54, 1.807) is 60.7 Å². The SMILES string of the molecule is O=S(=O)(c1ccccc1)c1ccccc1.OB(O)O. The predicted octanol–water partition coefficient (Wildman–Crippen LogP) is 0.468. The molecule has 19 heavy (non-hydrogen) atoms. The van der Waals surface area contributed by atoms with E-state index in [4.69, 9.17) is 15.1 Å². The molecule has 7 heteroatoms. The van der Waals surface area contributed by atoms with E-state index in [-0.39, 0.29) is 0 Å². The van der Waals surface area contributed by atoms with Crippen LogP contribution in [0, 0.1) is 0 Å². The van der Waals surface area contributed by atoms with Crippen molar-refractivity contribution < 1.29 is 23.5 Å². The first kappa shape index (κ1) is 15.4. The van der Waals surface area contributed by atoms with Gasteiger partial charge in [-0.05, 0) is 24.3 Å². The second-order valence-corrected chi connectivity index (χ2v) is 5.43. The highest BCUT2D eigenvalue weighted by Gasteiger charge is 2.15. The monoisotopic (exact) mass is 280 g/mol. The summed E-state index contributed by atoms with van der Waals surface area (Å²) in [5.41, 5.74) is 0. The minimum Gasteiger partial charge on any atom is -0.402 e. The summed E-state index contributed by atoms with van der Waals surface area (Å²) in [6.45, 7) is 0. The van der Waals surface area contributed by atoms with Crippen LogP contribution in [0.1, 0.15) is 0 Å². The second-order valence-electron chi connectivity index (χ2n) is 3.48. The first-order valence-electron chi connectivity index (χ1n) is 5.34. The van der Waals surface area contributed by atoms with E-state index in [1.165, 1.54) is 0 Å². The molecule has 0 atom stereocenters. The highest BCUT2D eigenvalue weighted by atomic mass is 32.2. The maximum absolute atomic E-state index is 12.0. The van der Waals surface area contributed by atoms with Gasteiger partial charge in [-0.2, -0.15) is 0 Å². The number of rotatable bonds is 2. The molecule has 0 spiro atoms. The quantitative estimate of drug-likeness (QED) is 0.695. The van der Waals surface area contributed by atoms with Crippen LogP contribution in [0.15, 0.2) is 70.5 Å². The molecule has 2 aromatic rings. The van der Waals surface area contributed by atoms with Crippen LogP contribution < -0.4 is 0 Å². The van der Waals surface area contributed by atoms with Gasteiger partial charge in [0.2, 0.25) is 9.84 Å². The van der Waals surface area contributed by atoms with Gasteiger partial charge < -0.3 is 15.1 Å². The fourth-order valence-corrected chi connectivity index (χ4v) is 2.64. The van der Waals surface area contributed by atoms with Crippen LogP contribution in [0.25, 0.3) is 0 Å². The van der Waals surface area contributed by atoms with Crippen LogP contribution in [0.3, 0.4) is 0 Å². The summed E-state index contributed by atoms with van der Waals surface area (Å²) in [5.74, 6) is 0. The van der Waals surface area contributed by atoms with Crippen LogP contribution in [-0.4, -0.2) is 30.8 Å². The van der Waals surface area contributed by atoms with Crippen molar-refractivity contribution in [1.29, 1.82) is 0 Å². The molecule has 0 aliphatic rings. The number of hydrogen-bond acceptors (Lipinski definition) is 5. The first-order valence-corrected chi connectivity index (χ1v) is 6.82. The van der Waals surface area contributed by atoms with Crippen molar-refractivity contribution in [3.8, 4) is 0 Å². The Hall–Kier alpha value is -1.67. The van der Waals surface area contributed by atoms with Gasteiger partial charge in [-0.25, -0.2) is 8.42 Å². The Morgan fingerprint density at radius 1 is 0.684 bits per heavy atom. The largest absolute Gasteiger partial charge is 0.631 e. The number of benzene rings is 2. The van der Waals surface area contributed by atoms with Gasteiger partial charge in [0.25, 0.3) is 0 Å². The van der Waals surface area contributed by atoms with E-state index in [9.17, 15) is 8.42 Å². The average Bonchev–Trinajstić information content (AvgIpc) is 2.40. The molecule has 0 aromatic heterocycles. The highest BCUT2D eigenvalue weighted by Crippen LogP contribution is 2.19. The fraction of sp³-hybridized carbons (Fsp3) is 0. The molecule has 0 aliphatic heterocycles. The zero-order valence-corrected chi connectivity index (χ0v) is 10.7. The Kier molecular flexibility index (Phi) is 5.72. The normalized spacial score (nSPS) is 10.3. The Morgan fingerprint density at radius 3 is 1.21 bits per heavy atom. The lowest BCUT2D eigenvalue weighted by Gasteiger charge is -2.03. The lowest BCUT2D eigenvalue weighted by atomic mass is 10.3.